The highest BCUT2D eigenvalue weighted by Crippen LogP contribution is 2.27. The maximum Gasteiger partial charge on any atom is 0.129 e. The molecule has 2 aliphatic rings. The fraction of sp³-hybridized carbons (Fsp3) is 0.600. The van der Waals surface area contributed by atoms with Crippen molar-refractivity contribution < 1.29 is 9.13 Å². The molecule has 1 aliphatic heterocycles. The van der Waals surface area contributed by atoms with Gasteiger partial charge in [-0.3, -0.25) is 0 Å². The second-order valence-electron chi connectivity index (χ2n) is 5.52. The molecule has 0 aromatic heterocycles. The first kappa shape index (κ1) is 12.9. The Hall–Kier alpha value is -1.13. The van der Waals surface area contributed by atoms with Gasteiger partial charge in [0, 0.05) is 36.9 Å². The van der Waals surface area contributed by atoms with Gasteiger partial charge in [-0.2, -0.15) is 0 Å². The van der Waals surface area contributed by atoms with E-state index in [2.05, 4.69) is 17.1 Å². The molecule has 2 fully saturated rings. The fourth-order valence-electron chi connectivity index (χ4n) is 2.59. The summed E-state index contributed by atoms with van der Waals surface area (Å²) >= 11 is 0. The van der Waals surface area contributed by atoms with Gasteiger partial charge < -0.3 is 15.0 Å². The molecule has 0 bridgehead atoms. The zero-order chi connectivity index (χ0) is 13.2. The number of morpholine rings is 1. The molecular weight excluding hydrogens is 243 g/mol. The Morgan fingerprint density at radius 1 is 1.42 bits per heavy atom. The van der Waals surface area contributed by atoms with Crippen LogP contribution in [0.15, 0.2) is 18.2 Å². The predicted octanol–water partition coefficient (Wildman–Crippen LogP) is 2.30. The Bertz CT molecular complexity index is 448. The zero-order valence-corrected chi connectivity index (χ0v) is 11.4. The van der Waals surface area contributed by atoms with Gasteiger partial charge in [-0.15, -0.1) is 0 Å². The molecule has 1 saturated heterocycles. The first-order valence-corrected chi connectivity index (χ1v) is 7.11. The second-order valence-corrected chi connectivity index (χ2v) is 5.52. The van der Waals surface area contributed by atoms with Crippen molar-refractivity contribution in [3.63, 3.8) is 0 Å². The Kier molecular flexibility index (Phi) is 3.71. The second kappa shape index (κ2) is 5.47. The van der Waals surface area contributed by atoms with Crippen molar-refractivity contribution in [2.24, 2.45) is 0 Å². The van der Waals surface area contributed by atoms with Crippen LogP contribution in [0, 0.1) is 5.82 Å². The number of hydrogen-bond acceptors (Lipinski definition) is 3. The minimum atomic E-state index is -0.107. The Balaban J connectivity index is 1.79. The van der Waals surface area contributed by atoms with Gasteiger partial charge in [-0.05, 0) is 31.9 Å². The summed E-state index contributed by atoms with van der Waals surface area (Å²) in [5.74, 6) is -0.107. The largest absolute Gasteiger partial charge is 0.375 e. The molecule has 1 aliphatic carbocycles. The van der Waals surface area contributed by atoms with Crippen LogP contribution in [0.25, 0.3) is 0 Å². The standard InChI is InChI=1S/C15H21FN2O/c1-11-10-18(7-8-19-11)15-4-2-3-14(16)13(15)9-17-12-5-6-12/h2-4,11-12,17H,5-10H2,1H3. The van der Waals surface area contributed by atoms with Crippen molar-refractivity contribution in [2.75, 3.05) is 24.6 Å². The van der Waals surface area contributed by atoms with Gasteiger partial charge in [0.25, 0.3) is 0 Å². The van der Waals surface area contributed by atoms with Gasteiger partial charge in [-0.25, -0.2) is 4.39 Å². The van der Waals surface area contributed by atoms with Crippen LogP contribution < -0.4 is 10.2 Å². The highest BCUT2D eigenvalue weighted by molar-refractivity contribution is 5.54. The van der Waals surface area contributed by atoms with E-state index in [1.165, 1.54) is 12.8 Å². The minimum absolute atomic E-state index is 0.107. The third-order valence-corrected chi connectivity index (χ3v) is 3.82. The fourth-order valence-corrected chi connectivity index (χ4v) is 2.59. The topological polar surface area (TPSA) is 24.5 Å². The van der Waals surface area contributed by atoms with Crippen molar-refractivity contribution in [2.45, 2.75) is 38.5 Å². The van der Waals surface area contributed by atoms with Gasteiger partial charge in [0.15, 0.2) is 0 Å². The Morgan fingerprint density at radius 3 is 3.00 bits per heavy atom. The van der Waals surface area contributed by atoms with Crippen molar-refractivity contribution in [1.82, 2.24) is 5.32 Å². The number of nitrogens with one attached hydrogen (secondary N) is 1. The van der Waals surface area contributed by atoms with Gasteiger partial charge in [-0.1, -0.05) is 6.07 Å². The third kappa shape index (κ3) is 3.07. The van der Waals surface area contributed by atoms with E-state index in [1.54, 1.807) is 12.1 Å². The molecule has 1 aromatic carbocycles. The molecule has 1 saturated carbocycles. The average molecular weight is 264 g/mol. The lowest BCUT2D eigenvalue weighted by Gasteiger charge is -2.34. The molecule has 104 valence electrons. The highest BCUT2D eigenvalue weighted by Gasteiger charge is 2.24. The van der Waals surface area contributed by atoms with Crippen molar-refractivity contribution in [1.29, 1.82) is 0 Å². The van der Waals surface area contributed by atoms with Crippen LogP contribution in [-0.2, 0) is 11.3 Å². The smallest absolute Gasteiger partial charge is 0.129 e. The van der Waals surface area contributed by atoms with Crippen LogP contribution in [0.2, 0.25) is 0 Å². The number of hydrogen-bond donors (Lipinski definition) is 1. The molecular formula is C15H21FN2O. The number of benzene rings is 1. The summed E-state index contributed by atoms with van der Waals surface area (Å²) < 4.78 is 19.6. The van der Waals surface area contributed by atoms with E-state index in [0.29, 0.717) is 19.2 Å². The number of nitrogens with zero attached hydrogens (tertiary/aromatic N) is 1. The molecule has 1 unspecified atom stereocenters. The summed E-state index contributed by atoms with van der Waals surface area (Å²) in [5, 5.41) is 3.41. The lowest BCUT2D eigenvalue weighted by atomic mass is 10.1. The molecule has 0 radical (unpaired) electrons. The van der Waals surface area contributed by atoms with Crippen LogP contribution in [0.3, 0.4) is 0 Å². The average Bonchev–Trinajstić information content (AvgIpc) is 3.21. The van der Waals surface area contributed by atoms with Gasteiger partial charge in [0.05, 0.1) is 12.7 Å². The molecule has 4 heteroatoms. The Morgan fingerprint density at radius 2 is 2.26 bits per heavy atom. The molecule has 3 rings (SSSR count). The molecule has 1 heterocycles. The van der Waals surface area contributed by atoms with Crippen LogP contribution in [-0.4, -0.2) is 31.8 Å². The van der Waals surface area contributed by atoms with E-state index in [1.807, 2.05) is 6.07 Å². The molecule has 0 amide bonds. The van der Waals surface area contributed by atoms with E-state index in [0.717, 1.165) is 24.3 Å². The van der Waals surface area contributed by atoms with Crippen molar-refractivity contribution in [3.05, 3.63) is 29.6 Å². The van der Waals surface area contributed by atoms with E-state index in [-0.39, 0.29) is 11.9 Å². The summed E-state index contributed by atoms with van der Waals surface area (Å²) in [4.78, 5) is 2.24. The maximum absolute atomic E-state index is 14.1. The predicted molar refractivity (Wildman–Crippen MR) is 73.9 cm³/mol. The lowest BCUT2D eigenvalue weighted by Crippen LogP contribution is -2.41. The van der Waals surface area contributed by atoms with Crippen molar-refractivity contribution >= 4 is 5.69 Å². The molecule has 3 nitrogen and oxygen atoms in total. The van der Waals surface area contributed by atoms with Crippen LogP contribution in [0.5, 0.6) is 0 Å². The summed E-state index contributed by atoms with van der Waals surface area (Å²) in [7, 11) is 0. The van der Waals surface area contributed by atoms with Crippen LogP contribution in [0.4, 0.5) is 10.1 Å². The highest BCUT2D eigenvalue weighted by atomic mass is 19.1. The number of anilines is 1. The number of rotatable bonds is 4. The molecule has 19 heavy (non-hydrogen) atoms. The number of halogens is 1. The maximum atomic E-state index is 14.1. The lowest BCUT2D eigenvalue weighted by molar-refractivity contribution is 0.0531. The van der Waals surface area contributed by atoms with Gasteiger partial charge in [0.1, 0.15) is 5.82 Å². The summed E-state index contributed by atoms with van der Waals surface area (Å²) in [6.07, 6.45) is 2.65. The molecule has 1 N–H and O–H groups in total. The van der Waals surface area contributed by atoms with E-state index < -0.39 is 0 Å². The molecule has 1 atom stereocenters. The first-order valence-electron chi connectivity index (χ1n) is 7.11. The van der Waals surface area contributed by atoms with E-state index in [9.17, 15) is 4.39 Å². The summed E-state index contributed by atoms with van der Waals surface area (Å²) in [6.45, 7) is 5.07. The third-order valence-electron chi connectivity index (χ3n) is 3.82. The normalized spacial score (nSPS) is 23.7. The summed E-state index contributed by atoms with van der Waals surface area (Å²) in [6, 6.07) is 5.96. The van der Waals surface area contributed by atoms with E-state index >= 15 is 0 Å². The number of ether oxygens (including phenoxy) is 1. The van der Waals surface area contributed by atoms with Gasteiger partial charge in [0.2, 0.25) is 0 Å². The quantitative estimate of drug-likeness (QED) is 0.903. The molecule has 0 spiro atoms. The minimum Gasteiger partial charge on any atom is -0.375 e. The molecule has 1 aromatic rings. The SMILES string of the molecule is CC1CN(c2cccc(F)c2CNC2CC2)CCO1. The van der Waals surface area contributed by atoms with Crippen LogP contribution in [0.1, 0.15) is 25.3 Å². The zero-order valence-electron chi connectivity index (χ0n) is 11.4. The monoisotopic (exact) mass is 264 g/mol. The van der Waals surface area contributed by atoms with Crippen molar-refractivity contribution in [3.8, 4) is 0 Å². The van der Waals surface area contributed by atoms with Gasteiger partial charge >= 0.3 is 0 Å². The first-order chi connectivity index (χ1) is 9.24. The van der Waals surface area contributed by atoms with Crippen LogP contribution >= 0.6 is 0 Å². The Labute approximate surface area is 113 Å². The van der Waals surface area contributed by atoms with E-state index in [4.69, 9.17) is 4.74 Å². The summed E-state index contributed by atoms with van der Waals surface area (Å²) in [5.41, 5.74) is 1.81.